The first-order valence-corrected chi connectivity index (χ1v) is 15.9. The highest BCUT2D eigenvalue weighted by Crippen LogP contribution is 2.30. The molecule has 42 heavy (non-hydrogen) atoms. The highest BCUT2D eigenvalue weighted by Gasteiger charge is 2.33. The zero-order valence-corrected chi connectivity index (χ0v) is 25.2. The molecular weight excluding hydrogens is 563 g/mol. The predicted molar refractivity (Wildman–Crippen MR) is 157 cm³/mol. The number of nitrogens with one attached hydrogen (secondary N) is 2. The Hall–Kier alpha value is -3.22. The van der Waals surface area contributed by atoms with Crippen LogP contribution < -0.4 is 15.4 Å². The fraction of sp³-hybridized carbons (Fsp3) is 0.533. The number of benzene rings is 2. The van der Waals surface area contributed by atoms with Crippen molar-refractivity contribution in [2.45, 2.75) is 75.5 Å². The van der Waals surface area contributed by atoms with Crippen molar-refractivity contribution in [2.75, 3.05) is 32.1 Å². The first-order valence-electron chi connectivity index (χ1n) is 14.5. The maximum absolute atomic E-state index is 13.4. The number of likely N-dealkylation sites (N-methyl/N-ethyl adjacent to an activating group) is 1. The number of carbonyl (C=O) groups excluding carboxylic acids is 2. The van der Waals surface area contributed by atoms with Crippen LogP contribution in [-0.4, -0.2) is 79.6 Å². The zero-order chi connectivity index (χ0) is 30.4. The van der Waals surface area contributed by atoms with E-state index in [1.54, 1.807) is 30.0 Å². The maximum Gasteiger partial charge on any atom is 0.319 e. The molecule has 0 saturated heterocycles. The monoisotopic (exact) mass is 604 g/mol. The van der Waals surface area contributed by atoms with Crippen molar-refractivity contribution in [3.05, 3.63) is 53.8 Å². The van der Waals surface area contributed by atoms with E-state index in [0.717, 1.165) is 42.1 Å². The fourth-order valence-electron chi connectivity index (χ4n) is 5.46. The van der Waals surface area contributed by atoms with Crippen LogP contribution in [0.25, 0.3) is 0 Å². The van der Waals surface area contributed by atoms with Gasteiger partial charge in [-0.1, -0.05) is 26.2 Å². The van der Waals surface area contributed by atoms with Crippen LogP contribution in [0.3, 0.4) is 0 Å². The van der Waals surface area contributed by atoms with Gasteiger partial charge in [0.2, 0.25) is 15.9 Å². The minimum atomic E-state index is -3.95. The highest BCUT2D eigenvalue weighted by atomic mass is 32.2. The minimum Gasteiger partial charge on any atom is -0.488 e. The van der Waals surface area contributed by atoms with E-state index >= 15 is 0 Å². The van der Waals surface area contributed by atoms with Crippen LogP contribution >= 0.6 is 0 Å². The van der Waals surface area contributed by atoms with Gasteiger partial charge in [-0.3, -0.25) is 4.79 Å². The SMILES string of the molecule is C[C@@H]1CN([C@@H](C)CO)C(=O)Cc2cc(NC(=O)NC3CCCCC3)ccc2O[C@@H]1CN(C)S(=O)(=O)c1ccc(F)cc1. The van der Waals surface area contributed by atoms with E-state index in [2.05, 4.69) is 10.6 Å². The molecule has 230 valence electrons. The van der Waals surface area contributed by atoms with Crippen molar-refractivity contribution in [3.8, 4) is 5.75 Å². The second-order valence-electron chi connectivity index (χ2n) is 11.4. The van der Waals surface area contributed by atoms with E-state index < -0.39 is 28.0 Å². The average molecular weight is 605 g/mol. The molecule has 2 aromatic rings. The van der Waals surface area contributed by atoms with Gasteiger partial charge < -0.3 is 25.4 Å². The maximum atomic E-state index is 13.4. The Labute approximate surface area is 247 Å². The van der Waals surface area contributed by atoms with Gasteiger partial charge in [-0.05, 0) is 62.2 Å². The Balaban J connectivity index is 1.59. The molecular formula is C30H41FN4O6S. The van der Waals surface area contributed by atoms with Crippen LogP contribution in [0.1, 0.15) is 51.5 Å². The molecule has 0 unspecified atom stereocenters. The van der Waals surface area contributed by atoms with Crippen LogP contribution in [-0.2, 0) is 21.2 Å². The molecule has 0 aromatic heterocycles. The van der Waals surface area contributed by atoms with E-state index in [1.165, 1.54) is 25.6 Å². The molecule has 0 spiro atoms. The third kappa shape index (κ3) is 7.78. The van der Waals surface area contributed by atoms with Gasteiger partial charge in [0.25, 0.3) is 0 Å². The average Bonchev–Trinajstić information content (AvgIpc) is 3.00. The minimum absolute atomic E-state index is 0.0252. The number of nitrogens with zero attached hydrogens (tertiary/aromatic N) is 2. The highest BCUT2D eigenvalue weighted by molar-refractivity contribution is 7.89. The quantitative estimate of drug-likeness (QED) is 0.421. The third-order valence-corrected chi connectivity index (χ3v) is 9.91. The molecule has 3 atom stereocenters. The number of amides is 3. The Morgan fingerprint density at radius 1 is 1.17 bits per heavy atom. The standard InChI is InChI=1S/C30H41FN4O6S/c1-20-17-35(21(2)19-36)29(37)16-22-15-25(33-30(38)32-24-7-5-4-6-8-24)11-14-27(22)41-28(20)18-34(3)42(39,40)26-12-9-23(31)10-13-26/h9-15,20-21,24,28,36H,4-8,16-19H2,1-3H3,(H2,32,33,38)/t20-,21+,28-/m1/s1. The Bertz CT molecular complexity index is 1350. The van der Waals surface area contributed by atoms with Crippen molar-refractivity contribution in [1.29, 1.82) is 0 Å². The summed E-state index contributed by atoms with van der Waals surface area (Å²) in [5.41, 5.74) is 1.04. The van der Waals surface area contributed by atoms with E-state index in [0.29, 0.717) is 17.0 Å². The molecule has 1 aliphatic heterocycles. The first kappa shape index (κ1) is 31.7. The summed E-state index contributed by atoms with van der Waals surface area (Å²) in [7, 11) is -2.52. The molecule has 1 saturated carbocycles. The molecule has 1 heterocycles. The van der Waals surface area contributed by atoms with Crippen LogP contribution in [0.2, 0.25) is 0 Å². The van der Waals surface area contributed by atoms with Crippen molar-refractivity contribution in [2.24, 2.45) is 5.92 Å². The summed E-state index contributed by atoms with van der Waals surface area (Å²) in [6, 6.07) is 9.04. The molecule has 12 heteroatoms. The third-order valence-electron chi connectivity index (χ3n) is 8.07. The summed E-state index contributed by atoms with van der Waals surface area (Å²) in [6.45, 7) is 3.57. The molecule has 1 aliphatic carbocycles. The number of aliphatic hydroxyl groups is 1. The number of sulfonamides is 1. The Morgan fingerprint density at radius 2 is 1.86 bits per heavy atom. The van der Waals surface area contributed by atoms with Gasteiger partial charge in [0.05, 0.1) is 30.5 Å². The number of hydrogen-bond acceptors (Lipinski definition) is 6. The van der Waals surface area contributed by atoms with Gasteiger partial charge in [0, 0.05) is 36.8 Å². The molecule has 2 aliphatic rings. The summed E-state index contributed by atoms with van der Waals surface area (Å²) in [4.78, 5) is 27.7. The number of ether oxygens (including phenoxy) is 1. The second kappa shape index (κ2) is 13.8. The van der Waals surface area contributed by atoms with Gasteiger partial charge in [-0.15, -0.1) is 0 Å². The normalized spacial score (nSPS) is 21.0. The van der Waals surface area contributed by atoms with Crippen molar-refractivity contribution < 1.29 is 32.2 Å². The number of fused-ring (bicyclic) bond motifs is 1. The van der Waals surface area contributed by atoms with E-state index in [-0.39, 0.29) is 54.9 Å². The van der Waals surface area contributed by atoms with Crippen molar-refractivity contribution in [3.63, 3.8) is 0 Å². The zero-order valence-electron chi connectivity index (χ0n) is 24.4. The molecule has 1 fully saturated rings. The first-order chi connectivity index (χ1) is 20.0. The summed E-state index contributed by atoms with van der Waals surface area (Å²) in [6.07, 6.45) is 4.56. The van der Waals surface area contributed by atoms with E-state index in [1.807, 2.05) is 6.92 Å². The summed E-state index contributed by atoms with van der Waals surface area (Å²) in [5, 5.41) is 15.7. The van der Waals surface area contributed by atoms with Crippen LogP contribution in [0.15, 0.2) is 47.4 Å². The van der Waals surface area contributed by atoms with Gasteiger partial charge in [0.1, 0.15) is 17.7 Å². The van der Waals surface area contributed by atoms with Gasteiger partial charge in [-0.25, -0.2) is 17.6 Å². The molecule has 0 radical (unpaired) electrons. The molecule has 3 amide bonds. The molecule has 4 rings (SSSR count). The van der Waals surface area contributed by atoms with Gasteiger partial charge in [0.15, 0.2) is 0 Å². The van der Waals surface area contributed by atoms with Crippen molar-refractivity contribution in [1.82, 2.24) is 14.5 Å². The summed E-state index contributed by atoms with van der Waals surface area (Å²) in [5.74, 6) is -0.669. The van der Waals surface area contributed by atoms with Crippen LogP contribution in [0, 0.1) is 11.7 Å². The smallest absolute Gasteiger partial charge is 0.319 e. The van der Waals surface area contributed by atoms with Gasteiger partial charge in [-0.2, -0.15) is 4.31 Å². The lowest BCUT2D eigenvalue weighted by Crippen LogP contribution is -2.48. The summed E-state index contributed by atoms with van der Waals surface area (Å²) >= 11 is 0. The number of hydrogen-bond donors (Lipinski definition) is 3. The molecule has 0 bridgehead atoms. The molecule has 3 N–H and O–H groups in total. The second-order valence-corrected chi connectivity index (χ2v) is 13.4. The number of halogens is 1. The lowest BCUT2D eigenvalue weighted by Gasteiger charge is -2.33. The topological polar surface area (TPSA) is 128 Å². The number of urea groups is 1. The Kier molecular flexibility index (Phi) is 10.4. The number of aliphatic hydroxyl groups excluding tert-OH is 1. The Morgan fingerprint density at radius 3 is 2.52 bits per heavy atom. The lowest BCUT2D eigenvalue weighted by atomic mass is 9.96. The van der Waals surface area contributed by atoms with Crippen molar-refractivity contribution >= 4 is 27.6 Å². The largest absolute Gasteiger partial charge is 0.488 e. The lowest BCUT2D eigenvalue weighted by molar-refractivity contribution is -0.134. The van der Waals surface area contributed by atoms with Crippen LogP contribution in [0.5, 0.6) is 5.75 Å². The predicted octanol–water partition coefficient (Wildman–Crippen LogP) is 3.75. The fourth-order valence-corrected chi connectivity index (χ4v) is 6.65. The number of anilines is 1. The van der Waals surface area contributed by atoms with E-state index in [9.17, 15) is 27.5 Å². The molecule has 10 nitrogen and oxygen atoms in total. The molecule has 2 aromatic carbocycles. The number of rotatable bonds is 8. The summed E-state index contributed by atoms with van der Waals surface area (Å²) < 4.78 is 47.5. The number of carbonyl (C=O) groups is 2. The van der Waals surface area contributed by atoms with Gasteiger partial charge >= 0.3 is 6.03 Å². The van der Waals surface area contributed by atoms with Crippen LogP contribution in [0.4, 0.5) is 14.9 Å². The van der Waals surface area contributed by atoms with E-state index in [4.69, 9.17) is 4.74 Å².